The van der Waals surface area contributed by atoms with E-state index in [1.165, 1.54) is 0 Å². The molecule has 2 aromatic carbocycles. The summed E-state index contributed by atoms with van der Waals surface area (Å²) in [7, 11) is 0. The van der Waals surface area contributed by atoms with Crippen molar-refractivity contribution >= 4 is 40.6 Å². The lowest BCUT2D eigenvalue weighted by Gasteiger charge is -2.06. The quantitative estimate of drug-likeness (QED) is 0.835. The van der Waals surface area contributed by atoms with E-state index in [4.69, 9.17) is 23.2 Å². The molecule has 23 heavy (non-hydrogen) atoms. The monoisotopic (exact) mass is 347 g/mol. The van der Waals surface area contributed by atoms with Crippen molar-refractivity contribution in [2.75, 3.05) is 0 Å². The summed E-state index contributed by atoms with van der Waals surface area (Å²) in [6.07, 6.45) is 0.646. The van der Waals surface area contributed by atoms with Crippen LogP contribution in [0.25, 0.3) is 5.57 Å². The van der Waals surface area contributed by atoms with Gasteiger partial charge in [0.15, 0.2) is 5.76 Å². The first-order valence-electron chi connectivity index (χ1n) is 6.78. The Kier molecular flexibility index (Phi) is 4.11. The lowest BCUT2D eigenvalue weighted by Crippen LogP contribution is -2.22. The van der Waals surface area contributed by atoms with Crippen LogP contribution in [0, 0.1) is 0 Å². The molecule has 6 heteroatoms. The molecule has 0 radical (unpaired) electrons. The van der Waals surface area contributed by atoms with Crippen molar-refractivity contribution in [3.8, 4) is 0 Å². The van der Waals surface area contributed by atoms with Gasteiger partial charge in [-0.3, -0.25) is 14.9 Å². The first-order chi connectivity index (χ1) is 11.0. The van der Waals surface area contributed by atoms with E-state index in [-0.39, 0.29) is 5.57 Å². The Bertz CT molecular complexity index is 841. The van der Waals surface area contributed by atoms with Gasteiger partial charge < -0.3 is 5.11 Å². The highest BCUT2D eigenvalue weighted by Crippen LogP contribution is 2.25. The lowest BCUT2D eigenvalue weighted by atomic mass is 10.00. The fourth-order valence-corrected chi connectivity index (χ4v) is 2.71. The minimum absolute atomic E-state index is 0.00362. The van der Waals surface area contributed by atoms with Gasteiger partial charge in [-0.15, -0.1) is 0 Å². The summed E-state index contributed by atoms with van der Waals surface area (Å²) in [5, 5.41) is 12.7. The van der Waals surface area contributed by atoms with Gasteiger partial charge in [0, 0.05) is 0 Å². The van der Waals surface area contributed by atoms with Crippen LogP contribution in [0.2, 0.25) is 10.0 Å². The molecule has 0 aliphatic carbocycles. The standard InChI is InChI=1S/C17H11Cl2NO3/c18-12-6-3-10(8-13(12)19)7-9-1-4-11(5-2-9)14-15(21)17(23)20-16(14)22/h1-6,8H,7H2,(H2,20,21,22,23). The van der Waals surface area contributed by atoms with E-state index >= 15 is 0 Å². The number of imide groups is 1. The highest BCUT2D eigenvalue weighted by molar-refractivity contribution is 6.42. The van der Waals surface area contributed by atoms with Crippen LogP contribution in [0.1, 0.15) is 16.7 Å². The van der Waals surface area contributed by atoms with Crippen LogP contribution in [-0.2, 0) is 16.0 Å². The van der Waals surface area contributed by atoms with E-state index in [0.717, 1.165) is 11.1 Å². The normalized spacial score (nSPS) is 14.3. The summed E-state index contributed by atoms with van der Waals surface area (Å²) >= 11 is 11.9. The summed E-state index contributed by atoms with van der Waals surface area (Å²) in [6.45, 7) is 0. The summed E-state index contributed by atoms with van der Waals surface area (Å²) in [5.74, 6) is -1.91. The number of benzene rings is 2. The molecule has 0 unspecified atom stereocenters. The third-order valence-corrected chi connectivity index (χ3v) is 4.28. The molecule has 0 saturated heterocycles. The predicted molar refractivity (Wildman–Crippen MR) is 88.4 cm³/mol. The molecule has 116 valence electrons. The molecule has 0 aromatic heterocycles. The molecule has 0 spiro atoms. The molecule has 1 aliphatic rings. The van der Waals surface area contributed by atoms with E-state index in [2.05, 4.69) is 5.32 Å². The van der Waals surface area contributed by atoms with Crippen LogP contribution in [0.3, 0.4) is 0 Å². The zero-order valence-electron chi connectivity index (χ0n) is 11.8. The Morgan fingerprint density at radius 2 is 1.52 bits per heavy atom. The Morgan fingerprint density at radius 3 is 2.09 bits per heavy atom. The van der Waals surface area contributed by atoms with Crippen molar-refractivity contribution in [3.05, 3.63) is 75.0 Å². The van der Waals surface area contributed by atoms with Crippen LogP contribution in [0.4, 0.5) is 0 Å². The highest BCUT2D eigenvalue weighted by Gasteiger charge is 2.30. The zero-order valence-corrected chi connectivity index (χ0v) is 13.3. The third kappa shape index (κ3) is 3.09. The second kappa shape index (κ2) is 6.07. The van der Waals surface area contributed by atoms with Gasteiger partial charge in [-0.2, -0.15) is 0 Å². The number of carbonyl (C=O) groups is 2. The number of carbonyl (C=O) groups excluding carboxylic acids is 2. The van der Waals surface area contributed by atoms with Crippen molar-refractivity contribution in [2.24, 2.45) is 0 Å². The zero-order chi connectivity index (χ0) is 16.6. The third-order valence-electron chi connectivity index (χ3n) is 3.54. The number of hydrogen-bond acceptors (Lipinski definition) is 3. The van der Waals surface area contributed by atoms with E-state index in [1.807, 2.05) is 18.2 Å². The summed E-state index contributed by atoms with van der Waals surface area (Å²) < 4.78 is 0. The summed E-state index contributed by atoms with van der Waals surface area (Å²) in [6, 6.07) is 12.5. The van der Waals surface area contributed by atoms with Crippen LogP contribution < -0.4 is 5.32 Å². The SMILES string of the molecule is O=C1NC(=O)C(c2ccc(Cc3ccc(Cl)c(Cl)c3)cc2)=C1O. The van der Waals surface area contributed by atoms with Crippen molar-refractivity contribution < 1.29 is 14.7 Å². The molecule has 2 aromatic rings. The van der Waals surface area contributed by atoms with Gasteiger partial charge in [-0.05, 0) is 35.2 Å². The number of nitrogens with one attached hydrogen (secondary N) is 1. The average Bonchev–Trinajstić information content (AvgIpc) is 2.77. The maximum Gasteiger partial charge on any atom is 0.293 e. The van der Waals surface area contributed by atoms with Gasteiger partial charge in [-0.25, -0.2) is 0 Å². The molecular weight excluding hydrogens is 337 g/mol. The Labute approximate surface area is 142 Å². The molecule has 4 nitrogen and oxygen atoms in total. The molecule has 1 heterocycles. The number of aliphatic hydroxyl groups excluding tert-OH is 1. The summed E-state index contributed by atoms with van der Waals surface area (Å²) in [4.78, 5) is 22.9. The fraction of sp³-hybridized carbons (Fsp3) is 0.0588. The van der Waals surface area contributed by atoms with Crippen molar-refractivity contribution in [3.63, 3.8) is 0 Å². The largest absolute Gasteiger partial charge is 0.502 e. The maximum absolute atomic E-state index is 11.7. The molecule has 0 atom stereocenters. The van der Waals surface area contributed by atoms with Crippen LogP contribution in [-0.4, -0.2) is 16.9 Å². The van der Waals surface area contributed by atoms with Gasteiger partial charge in [0.05, 0.1) is 15.6 Å². The number of halogens is 2. The van der Waals surface area contributed by atoms with E-state index in [9.17, 15) is 14.7 Å². The van der Waals surface area contributed by atoms with Crippen LogP contribution in [0.5, 0.6) is 0 Å². The molecule has 1 aliphatic heterocycles. The van der Waals surface area contributed by atoms with Crippen molar-refractivity contribution in [2.45, 2.75) is 6.42 Å². The van der Waals surface area contributed by atoms with Gasteiger partial charge >= 0.3 is 0 Å². The maximum atomic E-state index is 11.7. The molecule has 2 N–H and O–H groups in total. The molecule has 0 fully saturated rings. The van der Waals surface area contributed by atoms with E-state index in [0.29, 0.717) is 22.0 Å². The highest BCUT2D eigenvalue weighted by atomic mass is 35.5. The molecule has 0 bridgehead atoms. The molecule has 2 amide bonds. The van der Waals surface area contributed by atoms with Crippen molar-refractivity contribution in [1.82, 2.24) is 5.32 Å². The Morgan fingerprint density at radius 1 is 0.870 bits per heavy atom. The smallest absolute Gasteiger partial charge is 0.293 e. The topological polar surface area (TPSA) is 66.4 Å². The second-order valence-electron chi connectivity index (χ2n) is 5.13. The lowest BCUT2D eigenvalue weighted by molar-refractivity contribution is -0.124. The fourth-order valence-electron chi connectivity index (χ4n) is 2.39. The number of hydrogen-bond donors (Lipinski definition) is 2. The summed E-state index contributed by atoms with van der Waals surface area (Å²) in [5.41, 5.74) is 2.49. The first-order valence-corrected chi connectivity index (χ1v) is 7.53. The van der Waals surface area contributed by atoms with Crippen molar-refractivity contribution in [1.29, 1.82) is 0 Å². The van der Waals surface area contributed by atoms with Crippen LogP contribution in [0.15, 0.2) is 48.2 Å². The number of aliphatic hydroxyl groups is 1. The van der Waals surface area contributed by atoms with E-state index < -0.39 is 17.6 Å². The predicted octanol–water partition coefficient (Wildman–Crippen LogP) is 3.51. The molecule has 0 saturated carbocycles. The van der Waals surface area contributed by atoms with Gasteiger partial charge in [0.2, 0.25) is 0 Å². The van der Waals surface area contributed by atoms with Gasteiger partial charge in [0.1, 0.15) is 0 Å². The van der Waals surface area contributed by atoms with Gasteiger partial charge in [0.25, 0.3) is 11.8 Å². The Hall–Kier alpha value is -2.30. The van der Waals surface area contributed by atoms with Gasteiger partial charge in [-0.1, -0.05) is 53.5 Å². The Balaban J connectivity index is 1.84. The second-order valence-corrected chi connectivity index (χ2v) is 5.94. The van der Waals surface area contributed by atoms with Crippen LogP contribution >= 0.6 is 23.2 Å². The molecular formula is C17H11Cl2NO3. The average molecular weight is 348 g/mol. The minimum Gasteiger partial charge on any atom is -0.502 e. The minimum atomic E-state index is -0.773. The number of rotatable bonds is 3. The van der Waals surface area contributed by atoms with E-state index in [1.54, 1.807) is 24.3 Å². The number of amides is 2. The molecule has 3 rings (SSSR count). The first kappa shape index (κ1) is 15.6.